The maximum Gasteiger partial charge on any atom is 0.234 e. The number of hydrogen-bond acceptors (Lipinski definition) is 3. The van der Waals surface area contributed by atoms with Crippen LogP contribution in [0.5, 0.6) is 0 Å². The van der Waals surface area contributed by atoms with Crippen molar-refractivity contribution in [2.75, 3.05) is 26.2 Å². The number of rotatable bonds is 6. The molecule has 0 aliphatic carbocycles. The fourth-order valence-corrected chi connectivity index (χ4v) is 3.25. The fourth-order valence-electron chi connectivity index (χ4n) is 3.25. The van der Waals surface area contributed by atoms with Crippen molar-refractivity contribution in [3.63, 3.8) is 0 Å². The van der Waals surface area contributed by atoms with Crippen molar-refractivity contribution in [2.24, 2.45) is 0 Å². The first kappa shape index (κ1) is 17.6. The van der Waals surface area contributed by atoms with Gasteiger partial charge in [0.1, 0.15) is 11.4 Å². The molecule has 4 nitrogen and oxygen atoms in total. The van der Waals surface area contributed by atoms with Crippen molar-refractivity contribution >= 4 is 5.91 Å². The second-order valence-electron chi connectivity index (χ2n) is 6.58. The van der Waals surface area contributed by atoms with E-state index < -0.39 is 5.60 Å². The molecule has 1 atom stereocenters. The lowest BCUT2D eigenvalue weighted by Crippen LogP contribution is -2.39. The first-order valence-corrected chi connectivity index (χ1v) is 8.57. The Hall–Kier alpha value is -2.24. The third kappa shape index (κ3) is 4.65. The second-order valence-corrected chi connectivity index (χ2v) is 6.58. The average molecular weight is 342 g/mol. The number of β-amino-alcohol motifs (C(OH)–C–C–N with tert-alkyl or cyclic N) is 1. The van der Waals surface area contributed by atoms with Crippen LogP contribution in [0.2, 0.25) is 0 Å². The van der Waals surface area contributed by atoms with Crippen LogP contribution in [-0.2, 0) is 16.8 Å². The standard InChI is InChI=1S/C20H23FN2O2/c21-18-8-6-16(7-9-18)10-12-22-19(24)14-23-13-11-20(25,15-23)17-4-2-1-3-5-17/h1-9,25H,10-15H2,(H,22,24)/t20-/m0/s1. The van der Waals surface area contributed by atoms with Gasteiger partial charge in [-0.1, -0.05) is 42.5 Å². The van der Waals surface area contributed by atoms with Gasteiger partial charge in [-0.05, 0) is 36.1 Å². The van der Waals surface area contributed by atoms with E-state index in [1.807, 2.05) is 35.2 Å². The normalized spacial score (nSPS) is 20.6. The zero-order chi connectivity index (χ0) is 17.7. The Labute approximate surface area is 147 Å². The molecule has 2 aromatic carbocycles. The molecule has 2 aromatic rings. The van der Waals surface area contributed by atoms with Crippen LogP contribution in [0.4, 0.5) is 4.39 Å². The summed E-state index contributed by atoms with van der Waals surface area (Å²) in [5.41, 5.74) is 1.01. The van der Waals surface area contributed by atoms with Gasteiger partial charge in [0, 0.05) is 19.6 Å². The van der Waals surface area contributed by atoms with Gasteiger partial charge in [-0.2, -0.15) is 0 Å². The minimum absolute atomic E-state index is 0.0561. The largest absolute Gasteiger partial charge is 0.384 e. The van der Waals surface area contributed by atoms with Crippen molar-refractivity contribution in [3.8, 4) is 0 Å². The molecule has 1 fully saturated rings. The smallest absolute Gasteiger partial charge is 0.234 e. The highest BCUT2D eigenvalue weighted by atomic mass is 19.1. The van der Waals surface area contributed by atoms with Gasteiger partial charge < -0.3 is 10.4 Å². The molecule has 25 heavy (non-hydrogen) atoms. The molecule has 1 heterocycles. The van der Waals surface area contributed by atoms with Gasteiger partial charge in [0.15, 0.2) is 0 Å². The Morgan fingerprint density at radius 3 is 2.60 bits per heavy atom. The molecule has 1 amide bonds. The van der Waals surface area contributed by atoms with E-state index in [-0.39, 0.29) is 18.3 Å². The van der Waals surface area contributed by atoms with E-state index in [2.05, 4.69) is 5.32 Å². The summed E-state index contributed by atoms with van der Waals surface area (Å²) in [7, 11) is 0. The first-order chi connectivity index (χ1) is 12.0. The topological polar surface area (TPSA) is 52.6 Å². The number of nitrogens with zero attached hydrogens (tertiary/aromatic N) is 1. The van der Waals surface area contributed by atoms with Gasteiger partial charge in [0.25, 0.3) is 0 Å². The van der Waals surface area contributed by atoms with Crippen LogP contribution in [0.15, 0.2) is 54.6 Å². The molecule has 0 bridgehead atoms. The van der Waals surface area contributed by atoms with E-state index in [0.29, 0.717) is 32.5 Å². The number of nitrogens with one attached hydrogen (secondary N) is 1. The number of likely N-dealkylation sites (tertiary alicyclic amines) is 1. The summed E-state index contributed by atoms with van der Waals surface area (Å²) in [5.74, 6) is -0.313. The Bertz CT molecular complexity index is 705. The van der Waals surface area contributed by atoms with Crippen molar-refractivity contribution in [3.05, 3.63) is 71.5 Å². The van der Waals surface area contributed by atoms with Crippen LogP contribution in [0.3, 0.4) is 0 Å². The summed E-state index contributed by atoms with van der Waals surface area (Å²) in [6.07, 6.45) is 1.29. The Morgan fingerprint density at radius 2 is 1.88 bits per heavy atom. The van der Waals surface area contributed by atoms with E-state index in [4.69, 9.17) is 0 Å². The molecule has 1 saturated heterocycles. The highest BCUT2D eigenvalue weighted by Crippen LogP contribution is 2.31. The number of benzene rings is 2. The van der Waals surface area contributed by atoms with Crippen LogP contribution in [-0.4, -0.2) is 42.1 Å². The molecule has 0 aromatic heterocycles. The predicted molar refractivity (Wildman–Crippen MR) is 94.5 cm³/mol. The lowest BCUT2D eigenvalue weighted by Gasteiger charge is -2.23. The number of amides is 1. The van der Waals surface area contributed by atoms with Gasteiger partial charge in [0.2, 0.25) is 5.91 Å². The first-order valence-electron chi connectivity index (χ1n) is 8.57. The molecule has 132 valence electrons. The summed E-state index contributed by atoms with van der Waals surface area (Å²) in [6.45, 7) is 1.94. The van der Waals surface area contributed by atoms with Crippen molar-refractivity contribution in [2.45, 2.75) is 18.4 Å². The van der Waals surface area contributed by atoms with Crippen LogP contribution in [0.25, 0.3) is 0 Å². The Kier molecular flexibility index (Phi) is 5.46. The highest BCUT2D eigenvalue weighted by molar-refractivity contribution is 5.78. The maximum atomic E-state index is 12.9. The summed E-state index contributed by atoms with van der Waals surface area (Å²) >= 11 is 0. The second kappa shape index (κ2) is 7.76. The summed E-state index contributed by atoms with van der Waals surface area (Å²) in [5, 5.41) is 13.7. The van der Waals surface area contributed by atoms with Gasteiger partial charge in [0.05, 0.1) is 6.54 Å². The van der Waals surface area contributed by atoms with E-state index in [9.17, 15) is 14.3 Å². The molecule has 5 heteroatoms. The molecule has 0 unspecified atom stereocenters. The minimum atomic E-state index is -0.879. The Balaban J connectivity index is 1.44. The molecular weight excluding hydrogens is 319 g/mol. The third-order valence-corrected chi connectivity index (χ3v) is 4.65. The monoisotopic (exact) mass is 342 g/mol. The molecule has 3 rings (SSSR count). The van der Waals surface area contributed by atoms with Crippen LogP contribution < -0.4 is 5.32 Å². The number of halogens is 1. The van der Waals surface area contributed by atoms with Crippen LogP contribution in [0.1, 0.15) is 17.5 Å². The van der Waals surface area contributed by atoms with E-state index in [0.717, 1.165) is 11.1 Å². The van der Waals surface area contributed by atoms with Crippen molar-refractivity contribution in [1.29, 1.82) is 0 Å². The van der Waals surface area contributed by atoms with Gasteiger partial charge in [-0.25, -0.2) is 4.39 Å². The number of carbonyl (C=O) groups excluding carboxylic acids is 1. The SMILES string of the molecule is O=C(CN1CC[C@@](O)(c2ccccc2)C1)NCCc1ccc(F)cc1. The molecule has 0 spiro atoms. The fraction of sp³-hybridized carbons (Fsp3) is 0.350. The van der Waals surface area contributed by atoms with E-state index in [1.165, 1.54) is 12.1 Å². The molecule has 1 aliphatic heterocycles. The number of aliphatic hydroxyl groups is 1. The maximum absolute atomic E-state index is 12.9. The number of carbonyl (C=O) groups is 1. The van der Waals surface area contributed by atoms with Crippen LogP contribution >= 0.6 is 0 Å². The van der Waals surface area contributed by atoms with Crippen LogP contribution in [0, 0.1) is 5.82 Å². The molecule has 0 radical (unpaired) electrons. The zero-order valence-electron chi connectivity index (χ0n) is 14.1. The molecule has 2 N–H and O–H groups in total. The minimum Gasteiger partial charge on any atom is -0.384 e. The van der Waals surface area contributed by atoms with Crippen molar-refractivity contribution < 1.29 is 14.3 Å². The Morgan fingerprint density at radius 1 is 1.16 bits per heavy atom. The molecule has 1 aliphatic rings. The third-order valence-electron chi connectivity index (χ3n) is 4.65. The summed E-state index contributed by atoms with van der Waals surface area (Å²) in [4.78, 5) is 14.1. The lowest BCUT2D eigenvalue weighted by molar-refractivity contribution is -0.122. The van der Waals surface area contributed by atoms with E-state index in [1.54, 1.807) is 12.1 Å². The van der Waals surface area contributed by atoms with Gasteiger partial charge in [-0.15, -0.1) is 0 Å². The average Bonchev–Trinajstić information content (AvgIpc) is 2.99. The molecule has 0 saturated carbocycles. The summed E-state index contributed by atoms with van der Waals surface area (Å²) in [6, 6.07) is 15.9. The summed E-state index contributed by atoms with van der Waals surface area (Å²) < 4.78 is 12.9. The zero-order valence-corrected chi connectivity index (χ0v) is 14.1. The molecular formula is C20H23FN2O2. The number of hydrogen-bond donors (Lipinski definition) is 2. The van der Waals surface area contributed by atoms with Crippen molar-refractivity contribution in [1.82, 2.24) is 10.2 Å². The highest BCUT2D eigenvalue weighted by Gasteiger charge is 2.37. The lowest BCUT2D eigenvalue weighted by atomic mass is 9.93. The van der Waals surface area contributed by atoms with Gasteiger partial charge in [-0.3, -0.25) is 9.69 Å². The quantitative estimate of drug-likeness (QED) is 0.845. The van der Waals surface area contributed by atoms with Gasteiger partial charge >= 0.3 is 0 Å². The predicted octanol–water partition coefficient (Wildman–Crippen LogP) is 2.08. The van der Waals surface area contributed by atoms with E-state index >= 15 is 0 Å².